The SMILES string of the molecule is N#Cc1ccc2c(c1)c1ccccc1n2-c1cc(-c2ccc(-c3ccccc3-n3c4ccccc4c4ccccc43)cc2)cc(C#N)c1C#N. The molecule has 50 heavy (non-hydrogen) atoms. The van der Waals surface area contributed by atoms with Gasteiger partial charge in [-0.15, -0.1) is 0 Å². The molecule has 0 saturated heterocycles. The second-order valence-electron chi connectivity index (χ2n) is 12.3. The van der Waals surface area contributed by atoms with E-state index in [-0.39, 0.29) is 0 Å². The second-order valence-corrected chi connectivity index (χ2v) is 12.3. The molecule has 0 unspecified atom stereocenters. The van der Waals surface area contributed by atoms with Crippen molar-refractivity contribution in [3.63, 3.8) is 0 Å². The van der Waals surface area contributed by atoms with E-state index in [0.29, 0.717) is 22.4 Å². The van der Waals surface area contributed by atoms with Crippen LogP contribution in [-0.2, 0) is 0 Å². The molecule has 0 aliphatic rings. The number of aromatic nitrogens is 2. The van der Waals surface area contributed by atoms with Crippen LogP contribution < -0.4 is 0 Å². The third-order valence-electron chi connectivity index (χ3n) is 9.65. The molecular formula is C45H25N5. The predicted molar refractivity (Wildman–Crippen MR) is 200 cm³/mol. The highest BCUT2D eigenvalue weighted by Gasteiger charge is 2.20. The second kappa shape index (κ2) is 11.4. The third kappa shape index (κ3) is 4.31. The molecule has 0 spiro atoms. The van der Waals surface area contributed by atoms with Gasteiger partial charge in [-0.05, 0) is 71.3 Å². The topological polar surface area (TPSA) is 81.2 Å². The molecule has 2 heterocycles. The summed E-state index contributed by atoms with van der Waals surface area (Å²) >= 11 is 0. The van der Waals surface area contributed by atoms with Gasteiger partial charge in [0, 0.05) is 27.1 Å². The van der Waals surface area contributed by atoms with E-state index < -0.39 is 0 Å². The van der Waals surface area contributed by atoms with Gasteiger partial charge in [0.2, 0.25) is 0 Å². The van der Waals surface area contributed by atoms with Crippen molar-refractivity contribution in [2.45, 2.75) is 0 Å². The molecule has 0 saturated carbocycles. The summed E-state index contributed by atoms with van der Waals surface area (Å²) in [6.45, 7) is 0. The summed E-state index contributed by atoms with van der Waals surface area (Å²) in [6.07, 6.45) is 0. The predicted octanol–water partition coefficient (Wildman–Crippen LogP) is 10.8. The quantitative estimate of drug-likeness (QED) is 0.193. The molecule has 5 heteroatoms. The molecule has 0 aliphatic heterocycles. The smallest absolute Gasteiger partial charge is 0.103 e. The van der Waals surface area contributed by atoms with Crippen LogP contribution in [0.4, 0.5) is 0 Å². The van der Waals surface area contributed by atoms with Crippen molar-refractivity contribution in [3.05, 3.63) is 168 Å². The maximum atomic E-state index is 10.4. The number of nitriles is 3. The highest BCUT2D eigenvalue weighted by Crippen LogP contribution is 2.39. The Labute approximate surface area is 287 Å². The van der Waals surface area contributed by atoms with E-state index in [1.165, 1.54) is 10.8 Å². The number of fused-ring (bicyclic) bond motifs is 6. The Morgan fingerprint density at radius 2 is 0.920 bits per heavy atom. The van der Waals surface area contributed by atoms with Crippen LogP contribution in [0.15, 0.2) is 152 Å². The molecule has 0 radical (unpaired) electrons. The maximum absolute atomic E-state index is 10.4. The maximum Gasteiger partial charge on any atom is 0.103 e. The van der Waals surface area contributed by atoms with E-state index >= 15 is 0 Å². The van der Waals surface area contributed by atoms with Gasteiger partial charge in [-0.1, -0.05) is 97.1 Å². The summed E-state index contributed by atoms with van der Waals surface area (Å²) in [7, 11) is 0. The van der Waals surface area contributed by atoms with E-state index in [4.69, 9.17) is 0 Å². The number of nitrogens with zero attached hydrogens (tertiary/aromatic N) is 5. The lowest BCUT2D eigenvalue weighted by atomic mass is 9.95. The first-order chi connectivity index (χ1) is 24.7. The molecule has 9 aromatic rings. The third-order valence-corrected chi connectivity index (χ3v) is 9.65. The van der Waals surface area contributed by atoms with Gasteiger partial charge in [-0.2, -0.15) is 15.8 Å². The fourth-order valence-electron chi connectivity index (χ4n) is 7.41. The summed E-state index contributed by atoms with van der Waals surface area (Å²) < 4.78 is 4.37. The standard InChI is InChI=1S/C45H25N5/c46-26-29-17-22-44-38(23-29)37-12-4-8-16-43(37)50(44)45-25-32(24-33(27-47)39(45)28-48)30-18-20-31(21-19-30)34-9-1-5-13-40(34)49-41-14-6-2-10-35(41)36-11-3-7-15-42(36)49/h1-25H. The summed E-state index contributed by atoms with van der Waals surface area (Å²) in [5.41, 5.74) is 10.9. The van der Waals surface area contributed by atoms with Crippen LogP contribution in [0.5, 0.6) is 0 Å². The molecule has 0 bridgehead atoms. The van der Waals surface area contributed by atoms with Crippen molar-refractivity contribution < 1.29 is 0 Å². The van der Waals surface area contributed by atoms with Crippen molar-refractivity contribution in [3.8, 4) is 51.8 Å². The minimum atomic E-state index is 0.306. The zero-order chi connectivity index (χ0) is 33.8. The van der Waals surface area contributed by atoms with E-state index in [0.717, 1.165) is 60.8 Å². The molecule has 5 nitrogen and oxygen atoms in total. The Hall–Kier alpha value is -7.39. The molecule has 0 aliphatic carbocycles. The van der Waals surface area contributed by atoms with Crippen LogP contribution >= 0.6 is 0 Å². The van der Waals surface area contributed by atoms with E-state index in [1.54, 1.807) is 12.1 Å². The first kappa shape index (κ1) is 28.8. The molecule has 9 rings (SSSR count). The number of rotatable bonds is 4. The molecule has 0 fully saturated rings. The lowest BCUT2D eigenvalue weighted by molar-refractivity contribution is 1.16. The van der Waals surface area contributed by atoms with Gasteiger partial charge >= 0.3 is 0 Å². The van der Waals surface area contributed by atoms with Crippen LogP contribution in [0.25, 0.3) is 77.2 Å². The van der Waals surface area contributed by atoms with Crippen molar-refractivity contribution in [2.75, 3.05) is 0 Å². The fraction of sp³-hybridized carbons (Fsp3) is 0. The summed E-state index contributed by atoms with van der Waals surface area (Å²) in [5, 5.41) is 34.5. The molecule has 7 aromatic carbocycles. The van der Waals surface area contributed by atoms with Gasteiger partial charge in [-0.3, -0.25) is 0 Å². The Kier molecular flexibility index (Phi) is 6.56. The van der Waals surface area contributed by atoms with Crippen LogP contribution in [0.3, 0.4) is 0 Å². The minimum Gasteiger partial charge on any atom is -0.309 e. The Balaban J connectivity index is 1.20. The van der Waals surface area contributed by atoms with Crippen LogP contribution in [-0.4, -0.2) is 9.13 Å². The van der Waals surface area contributed by atoms with Gasteiger partial charge in [0.25, 0.3) is 0 Å². The molecule has 230 valence electrons. The summed E-state index contributed by atoms with van der Waals surface area (Å²) in [5.74, 6) is 0. The molecule has 0 amide bonds. The largest absolute Gasteiger partial charge is 0.309 e. The molecule has 0 atom stereocenters. The average molecular weight is 636 g/mol. The van der Waals surface area contributed by atoms with Gasteiger partial charge in [-0.25, -0.2) is 0 Å². The van der Waals surface area contributed by atoms with Gasteiger partial charge in [0.1, 0.15) is 12.1 Å². The number of benzene rings is 7. The zero-order valence-corrected chi connectivity index (χ0v) is 26.7. The van der Waals surface area contributed by atoms with E-state index in [1.807, 2.05) is 47.0 Å². The van der Waals surface area contributed by atoms with Gasteiger partial charge in [0.05, 0.1) is 56.2 Å². The Bertz CT molecular complexity index is 2900. The van der Waals surface area contributed by atoms with Crippen LogP contribution in [0, 0.1) is 34.0 Å². The van der Waals surface area contributed by atoms with E-state index in [9.17, 15) is 15.8 Å². The van der Waals surface area contributed by atoms with Crippen molar-refractivity contribution in [2.24, 2.45) is 0 Å². The lowest BCUT2D eigenvalue weighted by Gasteiger charge is -2.15. The van der Waals surface area contributed by atoms with E-state index in [2.05, 4.69) is 120 Å². The highest BCUT2D eigenvalue weighted by molar-refractivity contribution is 6.11. The fourth-order valence-corrected chi connectivity index (χ4v) is 7.41. The molecule has 2 aromatic heterocycles. The average Bonchev–Trinajstić information content (AvgIpc) is 3.70. The van der Waals surface area contributed by atoms with Gasteiger partial charge in [0.15, 0.2) is 0 Å². The van der Waals surface area contributed by atoms with Crippen LogP contribution in [0.1, 0.15) is 16.7 Å². The first-order valence-electron chi connectivity index (χ1n) is 16.3. The zero-order valence-electron chi connectivity index (χ0n) is 26.7. The molecular weight excluding hydrogens is 611 g/mol. The molecule has 0 N–H and O–H groups in total. The van der Waals surface area contributed by atoms with Crippen molar-refractivity contribution in [1.29, 1.82) is 15.8 Å². The Morgan fingerprint density at radius 1 is 0.380 bits per heavy atom. The lowest BCUT2D eigenvalue weighted by Crippen LogP contribution is -2.01. The first-order valence-corrected chi connectivity index (χ1v) is 16.3. The normalized spacial score (nSPS) is 11.1. The van der Waals surface area contributed by atoms with Crippen molar-refractivity contribution >= 4 is 43.6 Å². The van der Waals surface area contributed by atoms with Crippen molar-refractivity contribution in [1.82, 2.24) is 9.13 Å². The minimum absolute atomic E-state index is 0.306. The number of hydrogen-bond acceptors (Lipinski definition) is 3. The number of para-hydroxylation sites is 4. The summed E-state index contributed by atoms with van der Waals surface area (Å²) in [4.78, 5) is 0. The number of hydrogen-bond donors (Lipinski definition) is 0. The van der Waals surface area contributed by atoms with Crippen LogP contribution in [0.2, 0.25) is 0 Å². The highest BCUT2D eigenvalue weighted by atomic mass is 15.0. The summed E-state index contributed by atoms with van der Waals surface area (Å²) in [6, 6.07) is 58.0. The van der Waals surface area contributed by atoms with Gasteiger partial charge < -0.3 is 9.13 Å². The Morgan fingerprint density at radius 3 is 1.54 bits per heavy atom. The monoisotopic (exact) mass is 635 g/mol.